The zero-order valence-corrected chi connectivity index (χ0v) is 11.6. The molecule has 2 aromatic rings. The average Bonchev–Trinajstić information content (AvgIpc) is 2.54. The highest BCUT2D eigenvalue weighted by Gasteiger charge is 2.40. The molecule has 0 amide bonds. The largest absolute Gasteiger partial charge is 0.236 e. The minimum absolute atomic E-state index is 0.582. The van der Waals surface area contributed by atoms with E-state index in [0.29, 0.717) is 0 Å². The number of hydrogen-bond donors (Lipinski definition) is 0. The zero-order valence-electron chi connectivity index (χ0n) is 11.6. The summed E-state index contributed by atoms with van der Waals surface area (Å²) in [7, 11) is 0. The Labute approximate surface area is 122 Å². The molecule has 0 saturated heterocycles. The topological polar surface area (TPSA) is 58.9 Å². The van der Waals surface area contributed by atoms with E-state index in [2.05, 4.69) is 9.98 Å². The van der Waals surface area contributed by atoms with Gasteiger partial charge in [0, 0.05) is 0 Å². The fourth-order valence-electron chi connectivity index (χ4n) is 2.50. The van der Waals surface area contributed by atoms with Crippen molar-refractivity contribution in [2.24, 2.45) is 9.98 Å². The van der Waals surface area contributed by atoms with Gasteiger partial charge in [-0.15, -0.1) is 0 Å². The zero-order chi connectivity index (χ0) is 15.1. The second-order valence-corrected chi connectivity index (χ2v) is 4.60. The van der Waals surface area contributed by atoms with Crippen molar-refractivity contribution in [1.29, 1.82) is 0 Å². The summed E-state index contributed by atoms with van der Waals surface area (Å²) < 4.78 is 0. The van der Waals surface area contributed by atoms with Crippen LogP contribution in [0.25, 0.3) is 0 Å². The first-order valence-corrected chi connectivity index (χ1v) is 6.52. The minimum Gasteiger partial charge on any atom is -0.211 e. The van der Waals surface area contributed by atoms with Gasteiger partial charge < -0.3 is 0 Å². The Kier molecular flexibility index (Phi) is 4.57. The molecule has 0 radical (unpaired) electrons. The van der Waals surface area contributed by atoms with Crippen LogP contribution >= 0.6 is 0 Å². The van der Waals surface area contributed by atoms with Crippen LogP contribution in [0, 0.1) is 0 Å². The van der Waals surface area contributed by atoms with E-state index in [-0.39, 0.29) is 0 Å². The first kappa shape index (κ1) is 14.6. The lowest BCUT2D eigenvalue weighted by Gasteiger charge is -2.32. The lowest BCUT2D eigenvalue weighted by atomic mass is 9.78. The van der Waals surface area contributed by atoms with E-state index in [1.165, 1.54) is 0 Å². The molecule has 21 heavy (non-hydrogen) atoms. The molecule has 0 aliphatic carbocycles. The monoisotopic (exact) mass is 278 g/mol. The molecule has 0 aromatic heterocycles. The molecule has 2 aromatic carbocycles. The molecule has 4 heteroatoms. The van der Waals surface area contributed by atoms with Crippen LogP contribution in [-0.4, -0.2) is 18.2 Å². The predicted molar refractivity (Wildman–Crippen MR) is 79.4 cm³/mol. The SMILES string of the molecule is CC(N=C=O)C(N=C=O)(c1ccccc1)c1ccccc1. The van der Waals surface area contributed by atoms with Crippen LogP contribution < -0.4 is 0 Å². The van der Waals surface area contributed by atoms with Crippen molar-refractivity contribution in [3.05, 3.63) is 71.8 Å². The van der Waals surface area contributed by atoms with Gasteiger partial charge in [0.2, 0.25) is 12.2 Å². The Morgan fingerprint density at radius 3 is 1.71 bits per heavy atom. The van der Waals surface area contributed by atoms with E-state index in [1.807, 2.05) is 60.7 Å². The fourth-order valence-corrected chi connectivity index (χ4v) is 2.50. The van der Waals surface area contributed by atoms with E-state index < -0.39 is 11.6 Å². The third kappa shape index (κ3) is 2.72. The molecule has 0 heterocycles. The van der Waals surface area contributed by atoms with Crippen molar-refractivity contribution in [2.75, 3.05) is 0 Å². The second kappa shape index (κ2) is 6.58. The van der Waals surface area contributed by atoms with Gasteiger partial charge in [0.1, 0.15) is 5.54 Å². The van der Waals surface area contributed by atoms with Crippen LogP contribution in [-0.2, 0) is 15.1 Å². The van der Waals surface area contributed by atoms with E-state index in [0.717, 1.165) is 11.1 Å². The molecule has 4 nitrogen and oxygen atoms in total. The van der Waals surface area contributed by atoms with Crippen LogP contribution in [0.3, 0.4) is 0 Å². The van der Waals surface area contributed by atoms with Crippen molar-refractivity contribution >= 4 is 12.2 Å². The van der Waals surface area contributed by atoms with Crippen LogP contribution in [0.5, 0.6) is 0 Å². The van der Waals surface area contributed by atoms with Crippen molar-refractivity contribution < 1.29 is 9.59 Å². The Balaban J connectivity index is 2.78. The third-order valence-corrected chi connectivity index (χ3v) is 3.50. The Bertz CT molecular complexity index is 646. The molecule has 2 rings (SSSR count). The molecule has 0 N–H and O–H groups in total. The van der Waals surface area contributed by atoms with E-state index in [1.54, 1.807) is 19.1 Å². The molecular formula is C17H14N2O2. The maximum atomic E-state index is 11.0. The molecule has 0 saturated carbocycles. The normalized spacial score (nSPS) is 11.9. The molecular weight excluding hydrogens is 264 g/mol. The quantitative estimate of drug-likeness (QED) is 0.623. The lowest BCUT2D eigenvalue weighted by Crippen LogP contribution is -2.36. The van der Waals surface area contributed by atoms with Gasteiger partial charge in [-0.05, 0) is 18.1 Å². The van der Waals surface area contributed by atoms with Gasteiger partial charge in [-0.2, -0.15) is 9.98 Å². The smallest absolute Gasteiger partial charge is 0.211 e. The third-order valence-electron chi connectivity index (χ3n) is 3.50. The highest BCUT2D eigenvalue weighted by atomic mass is 16.1. The fraction of sp³-hybridized carbons (Fsp3) is 0.176. The molecule has 0 aliphatic rings. The van der Waals surface area contributed by atoms with Crippen molar-refractivity contribution in [1.82, 2.24) is 0 Å². The summed E-state index contributed by atoms with van der Waals surface area (Å²) in [5, 5.41) is 0. The van der Waals surface area contributed by atoms with E-state index in [9.17, 15) is 9.59 Å². The van der Waals surface area contributed by atoms with Gasteiger partial charge in [0.15, 0.2) is 0 Å². The molecule has 0 fully saturated rings. The van der Waals surface area contributed by atoms with Crippen molar-refractivity contribution in [2.45, 2.75) is 18.5 Å². The van der Waals surface area contributed by atoms with Crippen LogP contribution in [0.15, 0.2) is 70.6 Å². The molecule has 1 unspecified atom stereocenters. The van der Waals surface area contributed by atoms with E-state index in [4.69, 9.17) is 0 Å². The number of hydrogen-bond acceptors (Lipinski definition) is 4. The van der Waals surface area contributed by atoms with Gasteiger partial charge in [-0.1, -0.05) is 60.7 Å². The van der Waals surface area contributed by atoms with Gasteiger partial charge in [-0.25, -0.2) is 9.59 Å². The van der Waals surface area contributed by atoms with Gasteiger partial charge in [0.25, 0.3) is 0 Å². The lowest BCUT2D eigenvalue weighted by molar-refractivity contribution is 0.440. The summed E-state index contributed by atoms with van der Waals surface area (Å²) in [4.78, 5) is 29.6. The molecule has 0 bridgehead atoms. The molecule has 104 valence electrons. The second-order valence-electron chi connectivity index (χ2n) is 4.60. The predicted octanol–water partition coefficient (Wildman–Crippen LogP) is 2.99. The van der Waals surface area contributed by atoms with Crippen molar-refractivity contribution in [3.8, 4) is 0 Å². The summed E-state index contributed by atoms with van der Waals surface area (Å²) >= 11 is 0. The number of rotatable bonds is 5. The van der Waals surface area contributed by atoms with Gasteiger partial charge in [-0.3, -0.25) is 0 Å². The number of aliphatic imine (C=N–C) groups is 2. The highest BCUT2D eigenvalue weighted by molar-refractivity contribution is 5.48. The van der Waals surface area contributed by atoms with Crippen molar-refractivity contribution in [3.63, 3.8) is 0 Å². The Morgan fingerprint density at radius 1 is 0.857 bits per heavy atom. The molecule has 1 atom stereocenters. The molecule has 0 aliphatic heterocycles. The van der Waals surface area contributed by atoms with Crippen LogP contribution in [0.4, 0.5) is 0 Å². The number of nitrogens with zero attached hydrogens (tertiary/aromatic N) is 2. The highest BCUT2D eigenvalue weighted by Crippen LogP contribution is 2.38. The minimum atomic E-state index is -1.08. The van der Waals surface area contributed by atoms with Gasteiger partial charge in [0.05, 0.1) is 6.04 Å². The number of isocyanates is 2. The van der Waals surface area contributed by atoms with Crippen LogP contribution in [0.2, 0.25) is 0 Å². The first-order valence-electron chi connectivity index (χ1n) is 6.52. The summed E-state index contributed by atoms with van der Waals surface area (Å²) in [6, 6.07) is 18.0. The number of benzene rings is 2. The molecule has 0 spiro atoms. The first-order chi connectivity index (χ1) is 10.3. The standard InChI is InChI=1S/C17H14N2O2/c1-14(18-12-20)17(19-13-21,15-8-4-2-5-9-15)16-10-6-3-7-11-16/h2-11,14H,1H3. The summed E-state index contributed by atoms with van der Waals surface area (Å²) in [6.45, 7) is 1.73. The van der Waals surface area contributed by atoms with Gasteiger partial charge >= 0.3 is 0 Å². The van der Waals surface area contributed by atoms with E-state index >= 15 is 0 Å². The van der Waals surface area contributed by atoms with Crippen LogP contribution in [0.1, 0.15) is 18.1 Å². The summed E-state index contributed by atoms with van der Waals surface area (Å²) in [6.07, 6.45) is 3.19. The maximum Gasteiger partial charge on any atom is 0.236 e. The Morgan fingerprint density at radius 2 is 1.33 bits per heavy atom. The number of carbonyl (C=O) groups excluding carboxylic acids is 2. The average molecular weight is 278 g/mol. The Hall–Kier alpha value is -2.80. The summed E-state index contributed by atoms with van der Waals surface area (Å²) in [5.41, 5.74) is 0.457. The maximum absolute atomic E-state index is 11.0. The summed E-state index contributed by atoms with van der Waals surface area (Å²) in [5.74, 6) is 0.